The van der Waals surface area contributed by atoms with Crippen LogP contribution in [-0.4, -0.2) is 63.6 Å². The molecule has 0 aliphatic carbocycles. The molecule has 2 aromatic heterocycles. The Morgan fingerprint density at radius 3 is 2.61 bits per heavy atom. The maximum absolute atomic E-state index is 12.7. The van der Waals surface area contributed by atoms with E-state index in [1.165, 1.54) is 4.57 Å². The molecule has 0 radical (unpaired) electrons. The van der Waals surface area contributed by atoms with Crippen LogP contribution in [0.2, 0.25) is 0 Å². The SMILES string of the molecule is Cn1cccc(C(=O)N2CCC(N3CCC(Oc4nccs4)CC3)CC2)c1=O. The first-order valence-corrected chi connectivity index (χ1v) is 10.7. The van der Waals surface area contributed by atoms with Crippen molar-refractivity contribution < 1.29 is 9.53 Å². The van der Waals surface area contributed by atoms with Crippen molar-refractivity contribution in [3.63, 3.8) is 0 Å². The number of piperidine rings is 2. The van der Waals surface area contributed by atoms with Crippen molar-refractivity contribution in [1.29, 1.82) is 0 Å². The molecule has 4 heterocycles. The molecule has 0 atom stereocenters. The molecule has 2 fully saturated rings. The molecule has 0 bridgehead atoms. The lowest BCUT2D eigenvalue weighted by atomic mass is 9.98. The minimum Gasteiger partial charge on any atom is -0.467 e. The van der Waals surface area contributed by atoms with Crippen molar-refractivity contribution in [2.75, 3.05) is 26.2 Å². The largest absolute Gasteiger partial charge is 0.467 e. The van der Waals surface area contributed by atoms with Gasteiger partial charge in [-0.1, -0.05) is 11.3 Å². The molecule has 8 heteroatoms. The minimum atomic E-state index is -0.225. The minimum absolute atomic E-state index is 0.143. The van der Waals surface area contributed by atoms with Crippen molar-refractivity contribution >= 4 is 17.2 Å². The zero-order valence-corrected chi connectivity index (χ0v) is 16.9. The zero-order chi connectivity index (χ0) is 19.5. The Hall–Kier alpha value is -2.19. The van der Waals surface area contributed by atoms with E-state index in [1.807, 2.05) is 10.3 Å². The van der Waals surface area contributed by atoms with Crippen LogP contribution in [0.15, 0.2) is 34.7 Å². The molecule has 2 saturated heterocycles. The number of aromatic nitrogens is 2. The second-order valence-corrected chi connectivity index (χ2v) is 8.37. The molecule has 0 saturated carbocycles. The van der Waals surface area contributed by atoms with E-state index in [1.54, 1.807) is 42.9 Å². The van der Waals surface area contributed by atoms with E-state index < -0.39 is 0 Å². The standard InChI is InChI=1S/C20H26N4O3S/c1-22-9-2-3-17(18(22)25)19(26)24-10-4-15(5-11-24)23-12-6-16(7-13-23)27-20-21-8-14-28-20/h2-3,8-9,14-16H,4-7,10-13H2,1H3. The smallest absolute Gasteiger partial charge is 0.273 e. The first-order chi connectivity index (χ1) is 13.6. The fourth-order valence-corrected chi connectivity index (χ4v) is 4.69. The Morgan fingerprint density at radius 1 is 1.18 bits per heavy atom. The molecule has 1 amide bonds. The van der Waals surface area contributed by atoms with Crippen molar-refractivity contribution in [3.8, 4) is 5.19 Å². The molecule has 0 unspecified atom stereocenters. The number of nitrogens with zero attached hydrogens (tertiary/aromatic N) is 4. The van der Waals surface area contributed by atoms with Crippen LogP contribution < -0.4 is 10.3 Å². The summed E-state index contributed by atoms with van der Waals surface area (Å²) in [6.45, 7) is 3.45. The maximum Gasteiger partial charge on any atom is 0.273 e. The van der Waals surface area contributed by atoms with Gasteiger partial charge in [0.05, 0.1) is 0 Å². The van der Waals surface area contributed by atoms with Gasteiger partial charge in [-0.15, -0.1) is 0 Å². The number of rotatable bonds is 4. The number of amides is 1. The predicted molar refractivity (Wildman–Crippen MR) is 108 cm³/mol. The van der Waals surface area contributed by atoms with Crippen LogP contribution in [0.25, 0.3) is 0 Å². The van der Waals surface area contributed by atoms with Gasteiger partial charge in [-0.25, -0.2) is 4.98 Å². The number of aryl methyl sites for hydroxylation is 1. The number of carbonyl (C=O) groups is 1. The predicted octanol–water partition coefficient (Wildman–Crippen LogP) is 1.99. The van der Waals surface area contributed by atoms with E-state index in [0.717, 1.165) is 44.0 Å². The Bertz CT molecular complexity index is 851. The van der Waals surface area contributed by atoms with Crippen LogP contribution in [0.4, 0.5) is 0 Å². The lowest BCUT2D eigenvalue weighted by Crippen LogP contribution is -2.50. The molecule has 2 aromatic rings. The summed E-state index contributed by atoms with van der Waals surface area (Å²) in [5.41, 5.74) is 0.0422. The highest BCUT2D eigenvalue weighted by Gasteiger charge is 2.31. The summed E-state index contributed by atoms with van der Waals surface area (Å²) in [6, 6.07) is 3.88. The number of ether oxygens (including phenoxy) is 1. The molecule has 28 heavy (non-hydrogen) atoms. The third-order valence-electron chi connectivity index (χ3n) is 5.78. The first kappa shape index (κ1) is 19.1. The Labute approximate surface area is 168 Å². The van der Waals surface area contributed by atoms with E-state index in [-0.39, 0.29) is 23.1 Å². The van der Waals surface area contributed by atoms with Gasteiger partial charge in [0.25, 0.3) is 16.7 Å². The van der Waals surface area contributed by atoms with Gasteiger partial charge in [-0.3, -0.25) is 14.5 Å². The molecule has 150 valence electrons. The number of hydrogen-bond acceptors (Lipinski definition) is 6. The summed E-state index contributed by atoms with van der Waals surface area (Å²) in [4.78, 5) is 33.5. The first-order valence-electron chi connectivity index (χ1n) is 9.87. The number of pyridine rings is 1. The van der Waals surface area contributed by atoms with Gasteiger partial charge in [0.2, 0.25) is 0 Å². The van der Waals surface area contributed by atoms with Crippen LogP contribution in [-0.2, 0) is 7.05 Å². The quantitative estimate of drug-likeness (QED) is 0.782. The fourth-order valence-electron chi connectivity index (χ4n) is 4.13. The third kappa shape index (κ3) is 4.12. The maximum atomic E-state index is 12.7. The molecular formula is C20H26N4O3S. The van der Waals surface area contributed by atoms with E-state index in [2.05, 4.69) is 9.88 Å². The van der Waals surface area contributed by atoms with Crippen LogP contribution in [0.3, 0.4) is 0 Å². The van der Waals surface area contributed by atoms with Gasteiger partial charge < -0.3 is 14.2 Å². The van der Waals surface area contributed by atoms with Gasteiger partial charge in [-0.2, -0.15) is 0 Å². The highest BCUT2D eigenvalue weighted by Crippen LogP contribution is 2.25. The van der Waals surface area contributed by atoms with E-state index >= 15 is 0 Å². The second-order valence-electron chi connectivity index (χ2n) is 7.51. The average Bonchev–Trinajstić information content (AvgIpc) is 3.23. The molecule has 7 nitrogen and oxygen atoms in total. The molecule has 0 spiro atoms. The summed E-state index contributed by atoms with van der Waals surface area (Å²) < 4.78 is 7.40. The van der Waals surface area contributed by atoms with E-state index in [4.69, 9.17) is 4.74 Å². The van der Waals surface area contributed by atoms with E-state index in [9.17, 15) is 9.59 Å². The highest BCUT2D eigenvalue weighted by molar-refractivity contribution is 7.11. The van der Waals surface area contributed by atoms with Crippen molar-refractivity contribution in [1.82, 2.24) is 19.4 Å². The average molecular weight is 403 g/mol. The monoisotopic (exact) mass is 402 g/mol. The van der Waals surface area contributed by atoms with Crippen molar-refractivity contribution in [3.05, 3.63) is 45.8 Å². The lowest BCUT2D eigenvalue weighted by Gasteiger charge is -2.41. The van der Waals surface area contributed by atoms with Crippen LogP contribution in [0.5, 0.6) is 5.19 Å². The van der Waals surface area contributed by atoms with Crippen molar-refractivity contribution in [2.45, 2.75) is 37.8 Å². The van der Waals surface area contributed by atoms with Gasteiger partial charge in [0, 0.05) is 57.0 Å². The summed E-state index contributed by atoms with van der Waals surface area (Å²) in [5, 5.41) is 2.70. The van der Waals surface area contributed by atoms with Crippen molar-refractivity contribution in [2.24, 2.45) is 7.05 Å². The summed E-state index contributed by atoms with van der Waals surface area (Å²) in [5.74, 6) is -0.143. The van der Waals surface area contributed by atoms with Crippen LogP contribution >= 0.6 is 11.3 Å². The summed E-state index contributed by atoms with van der Waals surface area (Å²) >= 11 is 1.54. The van der Waals surface area contributed by atoms with Crippen LogP contribution in [0, 0.1) is 0 Å². The molecule has 2 aliphatic heterocycles. The topological polar surface area (TPSA) is 67.7 Å². The molecule has 4 rings (SSSR count). The summed E-state index contributed by atoms with van der Waals surface area (Å²) in [7, 11) is 1.67. The zero-order valence-electron chi connectivity index (χ0n) is 16.1. The molecule has 0 aromatic carbocycles. The summed E-state index contributed by atoms with van der Waals surface area (Å²) in [6.07, 6.45) is 7.63. The van der Waals surface area contributed by atoms with Gasteiger partial charge >= 0.3 is 0 Å². The lowest BCUT2D eigenvalue weighted by molar-refractivity contribution is 0.0424. The fraction of sp³-hybridized carbons (Fsp3) is 0.550. The van der Waals surface area contributed by atoms with E-state index in [0.29, 0.717) is 19.1 Å². The number of likely N-dealkylation sites (tertiary alicyclic amines) is 2. The van der Waals surface area contributed by atoms with Gasteiger partial charge in [0.1, 0.15) is 11.7 Å². The third-order valence-corrected chi connectivity index (χ3v) is 6.44. The highest BCUT2D eigenvalue weighted by atomic mass is 32.1. The Kier molecular flexibility index (Phi) is 5.77. The molecular weight excluding hydrogens is 376 g/mol. The number of carbonyl (C=O) groups excluding carboxylic acids is 1. The molecule has 2 aliphatic rings. The normalized spacial score (nSPS) is 19.7. The van der Waals surface area contributed by atoms with Crippen LogP contribution in [0.1, 0.15) is 36.0 Å². The van der Waals surface area contributed by atoms with Gasteiger partial charge in [-0.05, 0) is 37.8 Å². The van der Waals surface area contributed by atoms with Gasteiger partial charge in [0.15, 0.2) is 0 Å². The Morgan fingerprint density at radius 2 is 1.93 bits per heavy atom. The molecule has 0 N–H and O–H groups in total. The number of thiazole rings is 1. The number of hydrogen-bond donors (Lipinski definition) is 0. The Balaban J connectivity index is 1.27. The second kappa shape index (κ2) is 8.45.